The van der Waals surface area contributed by atoms with Crippen LogP contribution in [0.4, 0.5) is 0 Å². The highest BCUT2D eigenvalue weighted by atomic mass is 28.4. The Hall–Kier alpha value is -2.08. The molecule has 0 aromatic heterocycles. The SMILES string of the molecule is C=C[Si](C)(OC)c1ccc(C#Cc2ccccc2)cc1. The van der Waals surface area contributed by atoms with Gasteiger partial charge in [-0.15, -0.1) is 6.58 Å². The minimum absolute atomic E-state index is 1.01. The normalized spacial score (nSPS) is 12.9. The second-order valence-electron chi connectivity index (χ2n) is 4.71. The van der Waals surface area contributed by atoms with Crippen LogP contribution in [0.25, 0.3) is 0 Å². The zero-order chi connectivity index (χ0) is 14.4. The zero-order valence-corrected chi connectivity index (χ0v) is 12.9. The summed E-state index contributed by atoms with van der Waals surface area (Å²) in [6, 6.07) is 18.3. The molecule has 1 nitrogen and oxygen atoms in total. The summed E-state index contributed by atoms with van der Waals surface area (Å²) < 4.78 is 5.63. The summed E-state index contributed by atoms with van der Waals surface area (Å²) in [5.74, 6) is 6.33. The maximum atomic E-state index is 5.63. The molecule has 2 aromatic rings. The molecule has 2 heteroatoms. The van der Waals surface area contributed by atoms with Gasteiger partial charge in [-0.2, -0.15) is 0 Å². The molecule has 0 aliphatic rings. The number of hydrogen-bond acceptors (Lipinski definition) is 1. The Bertz CT molecular complexity index is 635. The Balaban J connectivity index is 2.22. The van der Waals surface area contributed by atoms with Crippen molar-refractivity contribution in [3.63, 3.8) is 0 Å². The summed E-state index contributed by atoms with van der Waals surface area (Å²) >= 11 is 0. The fourth-order valence-electron chi connectivity index (χ4n) is 1.87. The van der Waals surface area contributed by atoms with Crippen LogP contribution in [0.2, 0.25) is 6.55 Å². The van der Waals surface area contributed by atoms with Gasteiger partial charge in [-0.05, 0) is 36.0 Å². The molecule has 2 rings (SSSR count). The van der Waals surface area contributed by atoms with Crippen LogP contribution in [0.3, 0.4) is 0 Å². The van der Waals surface area contributed by atoms with E-state index in [9.17, 15) is 0 Å². The van der Waals surface area contributed by atoms with E-state index in [4.69, 9.17) is 4.43 Å². The minimum Gasteiger partial charge on any atom is -0.412 e. The van der Waals surface area contributed by atoms with Gasteiger partial charge in [0.15, 0.2) is 0 Å². The van der Waals surface area contributed by atoms with Crippen LogP contribution in [0.5, 0.6) is 0 Å². The van der Waals surface area contributed by atoms with Crippen LogP contribution >= 0.6 is 0 Å². The van der Waals surface area contributed by atoms with E-state index in [2.05, 4.69) is 37.1 Å². The molecule has 20 heavy (non-hydrogen) atoms. The number of rotatable bonds is 3. The molecular weight excluding hydrogens is 260 g/mol. The summed E-state index contributed by atoms with van der Waals surface area (Å²) in [7, 11) is -0.221. The molecule has 1 unspecified atom stereocenters. The van der Waals surface area contributed by atoms with E-state index in [1.54, 1.807) is 7.11 Å². The van der Waals surface area contributed by atoms with Crippen molar-refractivity contribution >= 4 is 13.5 Å². The molecule has 0 radical (unpaired) electrons. The van der Waals surface area contributed by atoms with Crippen LogP contribution in [-0.2, 0) is 4.43 Å². The highest BCUT2D eigenvalue weighted by molar-refractivity contribution is 6.89. The predicted molar refractivity (Wildman–Crippen MR) is 87.3 cm³/mol. The fraction of sp³-hybridized carbons (Fsp3) is 0.111. The van der Waals surface area contributed by atoms with E-state index in [-0.39, 0.29) is 0 Å². The standard InChI is InChI=1S/C18H18OSi/c1-4-20(3,19-2)18-14-12-17(13-15-18)11-10-16-8-6-5-7-9-16/h4-9,12-15H,1H2,2-3H3. The molecule has 0 aliphatic carbocycles. The maximum absolute atomic E-state index is 5.63. The van der Waals surface area contributed by atoms with E-state index in [0.717, 1.165) is 11.1 Å². The third kappa shape index (κ3) is 3.27. The van der Waals surface area contributed by atoms with Gasteiger partial charge in [-0.1, -0.05) is 47.9 Å². The molecule has 0 amide bonds. The molecule has 0 aliphatic heterocycles. The van der Waals surface area contributed by atoms with Gasteiger partial charge < -0.3 is 4.43 Å². The third-order valence-corrected chi connectivity index (χ3v) is 6.50. The molecule has 0 N–H and O–H groups in total. The Morgan fingerprint density at radius 1 is 0.950 bits per heavy atom. The van der Waals surface area contributed by atoms with Crippen molar-refractivity contribution in [1.82, 2.24) is 0 Å². The molecule has 0 bridgehead atoms. The van der Waals surface area contributed by atoms with Crippen molar-refractivity contribution in [3.8, 4) is 11.8 Å². The van der Waals surface area contributed by atoms with Crippen molar-refractivity contribution in [1.29, 1.82) is 0 Å². The van der Waals surface area contributed by atoms with Crippen molar-refractivity contribution in [2.24, 2.45) is 0 Å². The molecular formula is C18H18OSi. The molecule has 0 saturated heterocycles. The summed E-state index contributed by atoms with van der Waals surface area (Å²) in [4.78, 5) is 0. The average molecular weight is 278 g/mol. The van der Waals surface area contributed by atoms with E-state index in [1.807, 2.05) is 48.2 Å². The van der Waals surface area contributed by atoms with Crippen LogP contribution in [0.15, 0.2) is 66.9 Å². The third-order valence-electron chi connectivity index (χ3n) is 3.40. The molecule has 2 aromatic carbocycles. The monoisotopic (exact) mass is 278 g/mol. The molecule has 0 saturated carbocycles. The molecule has 0 spiro atoms. The first-order valence-corrected chi connectivity index (χ1v) is 9.03. The largest absolute Gasteiger partial charge is 0.412 e. The Kier molecular flexibility index (Phi) is 4.57. The van der Waals surface area contributed by atoms with Gasteiger partial charge in [-0.3, -0.25) is 0 Å². The average Bonchev–Trinajstić information content (AvgIpc) is 2.53. The van der Waals surface area contributed by atoms with E-state index in [0.29, 0.717) is 0 Å². The maximum Gasteiger partial charge on any atom is 0.244 e. The lowest BCUT2D eigenvalue weighted by molar-refractivity contribution is 0.420. The second-order valence-corrected chi connectivity index (χ2v) is 8.32. The van der Waals surface area contributed by atoms with Gasteiger partial charge in [0.1, 0.15) is 0 Å². The molecule has 0 heterocycles. The van der Waals surface area contributed by atoms with Gasteiger partial charge >= 0.3 is 0 Å². The van der Waals surface area contributed by atoms with Gasteiger partial charge in [0.25, 0.3) is 0 Å². The van der Waals surface area contributed by atoms with Gasteiger partial charge in [0, 0.05) is 18.2 Å². The van der Waals surface area contributed by atoms with Gasteiger partial charge in [0.2, 0.25) is 8.32 Å². The van der Waals surface area contributed by atoms with E-state index in [1.165, 1.54) is 5.19 Å². The van der Waals surface area contributed by atoms with Crippen molar-refractivity contribution in [2.45, 2.75) is 6.55 Å². The highest BCUT2D eigenvalue weighted by Crippen LogP contribution is 2.07. The summed E-state index contributed by atoms with van der Waals surface area (Å²) in [5.41, 5.74) is 3.98. The Labute approximate surface area is 122 Å². The van der Waals surface area contributed by atoms with Gasteiger partial charge in [-0.25, -0.2) is 0 Å². The number of benzene rings is 2. The van der Waals surface area contributed by atoms with Crippen LogP contribution in [-0.4, -0.2) is 15.4 Å². The van der Waals surface area contributed by atoms with Gasteiger partial charge in [0.05, 0.1) is 0 Å². The first kappa shape index (κ1) is 14.3. The lowest BCUT2D eigenvalue weighted by Gasteiger charge is -2.21. The quantitative estimate of drug-likeness (QED) is 0.618. The summed E-state index contributed by atoms with van der Waals surface area (Å²) in [5, 5.41) is 1.21. The summed E-state index contributed by atoms with van der Waals surface area (Å²) in [6.07, 6.45) is 0. The highest BCUT2D eigenvalue weighted by Gasteiger charge is 2.25. The van der Waals surface area contributed by atoms with E-state index < -0.39 is 8.32 Å². The molecule has 100 valence electrons. The first-order valence-electron chi connectivity index (χ1n) is 6.54. The molecule has 1 atom stereocenters. The Morgan fingerprint density at radius 2 is 1.50 bits per heavy atom. The molecule has 0 fully saturated rings. The lowest BCUT2D eigenvalue weighted by atomic mass is 10.2. The van der Waals surface area contributed by atoms with Crippen LogP contribution < -0.4 is 5.19 Å². The smallest absolute Gasteiger partial charge is 0.244 e. The second kappa shape index (κ2) is 6.38. The zero-order valence-electron chi connectivity index (χ0n) is 11.9. The first-order chi connectivity index (χ1) is 9.68. The van der Waals surface area contributed by atoms with Crippen molar-refractivity contribution in [2.75, 3.05) is 7.11 Å². The van der Waals surface area contributed by atoms with E-state index >= 15 is 0 Å². The fourth-order valence-corrected chi connectivity index (χ4v) is 3.34. The Morgan fingerprint density at radius 3 is 2.00 bits per heavy atom. The summed E-state index contributed by atoms with van der Waals surface area (Å²) in [6.45, 7) is 6.02. The predicted octanol–water partition coefficient (Wildman–Crippen LogP) is 3.24. The minimum atomic E-state index is -1.97. The van der Waals surface area contributed by atoms with Crippen LogP contribution in [0, 0.1) is 11.8 Å². The van der Waals surface area contributed by atoms with Crippen molar-refractivity contribution < 1.29 is 4.43 Å². The lowest BCUT2D eigenvalue weighted by Crippen LogP contribution is -2.45. The van der Waals surface area contributed by atoms with Crippen LogP contribution in [0.1, 0.15) is 11.1 Å². The number of hydrogen-bond donors (Lipinski definition) is 0. The topological polar surface area (TPSA) is 9.23 Å². The van der Waals surface area contributed by atoms with Crippen molar-refractivity contribution in [3.05, 3.63) is 78.0 Å².